The summed E-state index contributed by atoms with van der Waals surface area (Å²) >= 11 is 3.29. The second kappa shape index (κ2) is 5.19. The maximum absolute atomic E-state index is 5.64. The van der Waals surface area contributed by atoms with Gasteiger partial charge in [0, 0.05) is 22.3 Å². The molecule has 0 aliphatic heterocycles. The summed E-state index contributed by atoms with van der Waals surface area (Å²) in [6, 6.07) is 3.48. The lowest BCUT2D eigenvalue weighted by molar-refractivity contribution is 0.355. The second-order valence-electron chi connectivity index (χ2n) is 2.23. The van der Waals surface area contributed by atoms with Gasteiger partial charge in [0.05, 0.1) is 14.2 Å². The van der Waals surface area contributed by atoms with Gasteiger partial charge in [-0.15, -0.1) is 12.4 Å². The van der Waals surface area contributed by atoms with Crippen LogP contribution in [0.15, 0.2) is 16.6 Å². The maximum atomic E-state index is 5.64. The first-order valence-corrected chi connectivity index (χ1v) is 4.15. The number of rotatable bonds is 2. The van der Waals surface area contributed by atoms with Crippen molar-refractivity contribution in [3.05, 3.63) is 16.6 Å². The number of nitrogens with two attached hydrogens (primary N) is 1. The molecule has 1 aromatic rings. The first-order valence-electron chi connectivity index (χ1n) is 3.36. The van der Waals surface area contributed by atoms with Crippen LogP contribution in [0.4, 0.5) is 5.69 Å². The Morgan fingerprint density at radius 3 is 2.08 bits per heavy atom. The van der Waals surface area contributed by atoms with Gasteiger partial charge >= 0.3 is 0 Å². The van der Waals surface area contributed by atoms with Crippen molar-refractivity contribution >= 4 is 34.0 Å². The molecule has 74 valence electrons. The Morgan fingerprint density at radius 1 is 1.15 bits per heavy atom. The van der Waals surface area contributed by atoms with Crippen LogP contribution in [-0.4, -0.2) is 14.2 Å². The molecule has 0 atom stereocenters. The highest BCUT2D eigenvalue weighted by Gasteiger charge is 2.06. The standard InChI is InChI=1S/C8H10BrNO2.ClH/c1-11-7-3-5(9)6(10)4-8(7)12-2;/h3-4H,10H2,1-2H3;1H. The molecule has 1 rings (SSSR count). The van der Waals surface area contributed by atoms with Crippen LogP contribution >= 0.6 is 28.3 Å². The number of anilines is 1. The van der Waals surface area contributed by atoms with E-state index >= 15 is 0 Å². The fraction of sp³-hybridized carbons (Fsp3) is 0.250. The predicted octanol–water partition coefficient (Wildman–Crippen LogP) is 2.47. The SMILES string of the molecule is COc1cc(N)c(Br)cc1OC.Cl. The summed E-state index contributed by atoms with van der Waals surface area (Å²) in [4.78, 5) is 0. The minimum atomic E-state index is 0. The summed E-state index contributed by atoms with van der Waals surface area (Å²) in [7, 11) is 3.16. The third-order valence-corrected chi connectivity index (χ3v) is 2.19. The van der Waals surface area contributed by atoms with Gasteiger partial charge in [-0.25, -0.2) is 0 Å². The van der Waals surface area contributed by atoms with E-state index < -0.39 is 0 Å². The van der Waals surface area contributed by atoms with Gasteiger partial charge in [0.25, 0.3) is 0 Å². The van der Waals surface area contributed by atoms with Crippen molar-refractivity contribution in [1.29, 1.82) is 0 Å². The van der Waals surface area contributed by atoms with Gasteiger partial charge in [0.15, 0.2) is 11.5 Å². The van der Waals surface area contributed by atoms with Crippen LogP contribution in [0, 0.1) is 0 Å². The van der Waals surface area contributed by atoms with E-state index in [1.165, 1.54) is 0 Å². The highest BCUT2D eigenvalue weighted by Crippen LogP contribution is 2.34. The summed E-state index contributed by atoms with van der Waals surface area (Å²) < 4.78 is 10.9. The molecule has 1 aromatic carbocycles. The zero-order valence-corrected chi connectivity index (χ0v) is 9.74. The van der Waals surface area contributed by atoms with Crippen molar-refractivity contribution in [2.75, 3.05) is 20.0 Å². The molecular weight excluding hydrogens is 257 g/mol. The third-order valence-electron chi connectivity index (χ3n) is 1.50. The normalized spacial score (nSPS) is 8.85. The molecule has 0 spiro atoms. The van der Waals surface area contributed by atoms with E-state index in [-0.39, 0.29) is 12.4 Å². The van der Waals surface area contributed by atoms with Crippen LogP contribution in [0.25, 0.3) is 0 Å². The fourth-order valence-electron chi connectivity index (χ4n) is 0.870. The highest BCUT2D eigenvalue weighted by atomic mass is 79.9. The van der Waals surface area contributed by atoms with Crippen LogP contribution in [0.5, 0.6) is 11.5 Å². The van der Waals surface area contributed by atoms with Crippen molar-refractivity contribution in [3.8, 4) is 11.5 Å². The van der Waals surface area contributed by atoms with Crippen molar-refractivity contribution in [2.45, 2.75) is 0 Å². The molecule has 0 saturated carbocycles. The number of hydrogen-bond acceptors (Lipinski definition) is 3. The largest absolute Gasteiger partial charge is 0.493 e. The van der Waals surface area contributed by atoms with Crippen LogP contribution in [0.3, 0.4) is 0 Å². The van der Waals surface area contributed by atoms with E-state index in [1.54, 1.807) is 26.4 Å². The number of halogens is 2. The van der Waals surface area contributed by atoms with Gasteiger partial charge in [-0.1, -0.05) is 0 Å². The molecule has 0 aliphatic carbocycles. The van der Waals surface area contributed by atoms with E-state index in [9.17, 15) is 0 Å². The Hall–Kier alpha value is -0.610. The predicted molar refractivity (Wildman–Crippen MR) is 58.9 cm³/mol. The molecule has 0 unspecified atom stereocenters. The Kier molecular flexibility index (Phi) is 4.95. The summed E-state index contributed by atoms with van der Waals surface area (Å²) in [6.45, 7) is 0. The molecule has 0 fully saturated rings. The Morgan fingerprint density at radius 2 is 1.62 bits per heavy atom. The molecule has 13 heavy (non-hydrogen) atoms. The number of benzene rings is 1. The average Bonchev–Trinajstić information content (AvgIpc) is 2.09. The van der Waals surface area contributed by atoms with E-state index in [0.717, 1.165) is 4.47 Å². The van der Waals surface area contributed by atoms with Crippen molar-refractivity contribution in [3.63, 3.8) is 0 Å². The average molecular weight is 269 g/mol. The van der Waals surface area contributed by atoms with E-state index in [2.05, 4.69) is 15.9 Å². The van der Waals surface area contributed by atoms with Crippen molar-refractivity contribution < 1.29 is 9.47 Å². The van der Waals surface area contributed by atoms with Crippen LogP contribution in [-0.2, 0) is 0 Å². The van der Waals surface area contributed by atoms with Crippen LogP contribution in [0.1, 0.15) is 0 Å². The molecule has 0 amide bonds. The van der Waals surface area contributed by atoms with Gasteiger partial charge in [0.2, 0.25) is 0 Å². The van der Waals surface area contributed by atoms with E-state index in [1.807, 2.05) is 0 Å². The molecule has 0 aromatic heterocycles. The molecule has 5 heteroatoms. The van der Waals surface area contributed by atoms with Gasteiger partial charge < -0.3 is 15.2 Å². The summed E-state index contributed by atoms with van der Waals surface area (Å²) in [6.07, 6.45) is 0. The number of nitrogen functional groups attached to an aromatic ring is 1. The molecular formula is C8H11BrClNO2. The Labute approximate surface area is 91.7 Å². The molecule has 0 bridgehead atoms. The zero-order valence-electron chi connectivity index (χ0n) is 7.33. The van der Waals surface area contributed by atoms with Gasteiger partial charge in [-0.2, -0.15) is 0 Å². The molecule has 0 radical (unpaired) electrons. The summed E-state index contributed by atoms with van der Waals surface area (Å²) in [5.41, 5.74) is 6.27. The molecule has 3 nitrogen and oxygen atoms in total. The van der Waals surface area contributed by atoms with Crippen molar-refractivity contribution in [1.82, 2.24) is 0 Å². The summed E-state index contributed by atoms with van der Waals surface area (Å²) in [5.74, 6) is 1.30. The zero-order chi connectivity index (χ0) is 9.14. The lowest BCUT2D eigenvalue weighted by atomic mass is 10.3. The van der Waals surface area contributed by atoms with Crippen molar-refractivity contribution in [2.24, 2.45) is 0 Å². The highest BCUT2D eigenvalue weighted by molar-refractivity contribution is 9.10. The van der Waals surface area contributed by atoms with Gasteiger partial charge in [0.1, 0.15) is 0 Å². The Bertz CT molecular complexity index is 265. The second-order valence-corrected chi connectivity index (χ2v) is 3.08. The monoisotopic (exact) mass is 267 g/mol. The smallest absolute Gasteiger partial charge is 0.162 e. The topological polar surface area (TPSA) is 44.5 Å². The minimum Gasteiger partial charge on any atom is -0.493 e. The first-order chi connectivity index (χ1) is 5.69. The number of hydrogen-bond donors (Lipinski definition) is 1. The number of methoxy groups -OCH3 is 2. The summed E-state index contributed by atoms with van der Waals surface area (Å²) in [5, 5.41) is 0. The van der Waals surface area contributed by atoms with Gasteiger partial charge in [-0.05, 0) is 15.9 Å². The molecule has 0 heterocycles. The third kappa shape index (κ3) is 2.67. The lowest BCUT2D eigenvalue weighted by Crippen LogP contribution is -1.93. The molecule has 0 aliphatic rings. The maximum Gasteiger partial charge on any atom is 0.162 e. The minimum absolute atomic E-state index is 0. The molecule has 0 saturated heterocycles. The van der Waals surface area contributed by atoms with Crippen LogP contribution in [0.2, 0.25) is 0 Å². The van der Waals surface area contributed by atoms with Gasteiger partial charge in [-0.3, -0.25) is 0 Å². The fourth-order valence-corrected chi connectivity index (χ4v) is 1.19. The Balaban J connectivity index is 0.00000144. The van der Waals surface area contributed by atoms with Crippen LogP contribution < -0.4 is 15.2 Å². The lowest BCUT2D eigenvalue weighted by Gasteiger charge is -2.08. The van der Waals surface area contributed by atoms with E-state index in [0.29, 0.717) is 17.2 Å². The first kappa shape index (κ1) is 12.4. The van der Waals surface area contributed by atoms with E-state index in [4.69, 9.17) is 15.2 Å². The quantitative estimate of drug-likeness (QED) is 0.838. The molecule has 2 N–H and O–H groups in total. The number of ether oxygens (including phenoxy) is 2.